The zero-order valence-corrected chi connectivity index (χ0v) is 21.8. The number of aliphatic carboxylic acids is 1. The molecule has 0 atom stereocenters. The standard InChI is InChI=1S/C30H34N2O5/c1-21(2)23-12-14-25(15-13-23)32(30(36)24-9-6-5-7-10-24)20-28(33)31(18-8-11-29(34)35)27-17-16-26(37-4)19-22(27)3/h5-7,9-10,12-17,19,21H,8,11,18,20H2,1-4H3,(H,34,35). The summed E-state index contributed by atoms with van der Waals surface area (Å²) >= 11 is 0. The Labute approximate surface area is 218 Å². The molecule has 0 radical (unpaired) electrons. The van der Waals surface area contributed by atoms with E-state index in [0.29, 0.717) is 28.6 Å². The number of carboxylic acid groups (broad SMARTS) is 1. The Balaban J connectivity index is 1.97. The summed E-state index contributed by atoms with van der Waals surface area (Å²) in [4.78, 5) is 41.5. The summed E-state index contributed by atoms with van der Waals surface area (Å²) in [5.41, 5.74) is 3.68. The Kier molecular flexibility index (Phi) is 9.44. The first-order chi connectivity index (χ1) is 17.7. The number of carbonyl (C=O) groups excluding carboxylic acids is 2. The molecular weight excluding hydrogens is 468 g/mol. The SMILES string of the molecule is COc1ccc(N(CCCC(=O)O)C(=O)CN(C(=O)c2ccccc2)c2ccc(C(C)C)cc2)c(C)c1. The number of carboxylic acids is 1. The normalized spacial score (nSPS) is 10.7. The first kappa shape index (κ1) is 27.5. The van der Waals surface area contributed by atoms with Crippen molar-refractivity contribution in [3.63, 3.8) is 0 Å². The fourth-order valence-electron chi connectivity index (χ4n) is 4.10. The quantitative estimate of drug-likeness (QED) is 0.365. The molecular formula is C30H34N2O5. The van der Waals surface area contributed by atoms with Crippen LogP contribution in [0.15, 0.2) is 72.8 Å². The maximum absolute atomic E-state index is 13.8. The van der Waals surface area contributed by atoms with Gasteiger partial charge in [-0.2, -0.15) is 0 Å². The van der Waals surface area contributed by atoms with E-state index in [0.717, 1.165) is 11.1 Å². The van der Waals surface area contributed by atoms with Crippen LogP contribution in [0.2, 0.25) is 0 Å². The van der Waals surface area contributed by atoms with E-state index < -0.39 is 5.97 Å². The van der Waals surface area contributed by atoms with Crippen LogP contribution in [0, 0.1) is 6.92 Å². The van der Waals surface area contributed by atoms with Gasteiger partial charge in [-0.25, -0.2) is 0 Å². The van der Waals surface area contributed by atoms with Gasteiger partial charge < -0.3 is 14.7 Å². The van der Waals surface area contributed by atoms with E-state index in [-0.39, 0.29) is 37.7 Å². The van der Waals surface area contributed by atoms with Crippen molar-refractivity contribution in [1.82, 2.24) is 0 Å². The number of methoxy groups -OCH3 is 1. The van der Waals surface area contributed by atoms with Crippen LogP contribution in [0.3, 0.4) is 0 Å². The minimum atomic E-state index is -0.926. The van der Waals surface area contributed by atoms with E-state index in [4.69, 9.17) is 9.84 Å². The summed E-state index contributed by atoms with van der Waals surface area (Å²) < 4.78 is 5.30. The zero-order chi connectivity index (χ0) is 26.9. The molecule has 7 heteroatoms. The summed E-state index contributed by atoms with van der Waals surface area (Å²) in [5.74, 6) is -0.536. The van der Waals surface area contributed by atoms with E-state index in [1.807, 2.05) is 43.3 Å². The van der Waals surface area contributed by atoms with Crippen LogP contribution in [-0.4, -0.2) is 43.1 Å². The predicted octanol–water partition coefficient (Wildman–Crippen LogP) is 5.67. The molecule has 2 amide bonds. The lowest BCUT2D eigenvalue weighted by molar-refractivity contribution is -0.137. The Morgan fingerprint density at radius 1 is 0.919 bits per heavy atom. The van der Waals surface area contributed by atoms with Crippen LogP contribution in [0.5, 0.6) is 5.75 Å². The maximum Gasteiger partial charge on any atom is 0.303 e. The fraction of sp³-hybridized carbons (Fsp3) is 0.300. The lowest BCUT2D eigenvalue weighted by Gasteiger charge is -2.29. The third kappa shape index (κ3) is 7.19. The Morgan fingerprint density at radius 2 is 1.59 bits per heavy atom. The van der Waals surface area contributed by atoms with E-state index in [1.165, 1.54) is 4.90 Å². The van der Waals surface area contributed by atoms with Crippen molar-refractivity contribution in [2.45, 2.75) is 39.5 Å². The molecule has 0 heterocycles. The highest BCUT2D eigenvalue weighted by molar-refractivity contribution is 6.10. The number of rotatable bonds is 11. The third-order valence-corrected chi connectivity index (χ3v) is 6.20. The first-order valence-corrected chi connectivity index (χ1v) is 12.3. The van der Waals surface area contributed by atoms with Gasteiger partial charge in [0.15, 0.2) is 0 Å². The number of nitrogens with zero attached hydrogens (tertiary/aromatic N) is 2. The number of benzene rings is 3. The topological polar surface area (TPSA) is 87.2 Å². The summed E-state index contributed by atoms with van der Waals surface area (Å²) in [6.07, 6.45) is 0.213. The van der Waals surface area contributed by atoms with E-state index in [1.54, 1.807) is 48.4 Å². The fourth-order valence-corrected chi connectivity index (χ4v) is 4.10. The number of aryl methyl sites for hydroxylation is 1. The van der Waals surface area contributed by atoms with E-state index in [2.05, 4.69) is 13.8 Å². The van der Waals surface area contributed by atoms with Crippen molar-refractivity contribution in [2.24, 2.45) is 0 Å². The lowest BCUT2D eigenvalue weighted by atomic mass is 10.0. The zero-order valence-electron chi connectivity index (χ0n) is 21.8. The minimum absolute atomic E-state index is 0.0672. The predicted molar refractivity (Wildman–Crippen MR) is 146 cm³/mol. The maximum atomic E-state index is 13.8. The highest BCUT2D eigenvalue weighted by Gasteiger charge is 2.25. The minimum Gasteiger partial charge on any atom is -0.497 e. The highest BCUT2D eigenvalue weighted by Crippen LogP contribution is 2.27. The molecule has 194 valence electrons. The van der Waals surface area contributed by atoms with Crippen LogP contribution in [0.4, 0.5) is 11.4 Å². The van der Waals surface area contributed by atoms with Crippen molar-refractivity contribution >= 4 is 29.2 Å². The van der Waals surface area contributed by atoms with Gasteiger partial charge in [0.2, 0.25) is 5.91 Å². The van der Waals surface area contributed by atoms with Gasteiger partial charge in [-0.15, -0.1) is 0 Å². The van der Waals surface area contributed by atoms with E-state index in [9.17, 15) is 14.4 Å². The summed E-state index contributed by atoms with van der Waals surface area (Å²) in [6.45, 7) is 6.06. The van der Waals surface area contributed by atoms with Crippen LogP contribution < -0.4 is 14.5 Å². The van der Waals surface area contributed by atoms with Crippen LogP contribution in [0.1, 0.15) is 54.1 Å². The van der Waals surface area contributed by atoms with Crippen molar-refractivity contribution < 1.29 is 24.2 Å². The molecule has 0 spiro atoms. The van der Waals surface area contributed by atoms with Gasteiger partial charge in [-0.3, -0.25) is 19.3 Å². The molecule has 7 nitrogen and oxygen atoms in total. The Morgan fingerprint density at radius 3 is 2.16 bits per heavy atom. The average molecular weight is 503 g/mol. The molecule has 3 aromatic carbocycles. The van der Waals surface area contributed by atoms with Crippen LogP contribution in [0.25, 0.3) is 0 Å². The van der Waals surface area contributed by atoms with Gasteiger partial charge in [0, 0.05) is 29.9 Å². The smallest absolute Gasteiger partial charge is 0.303 e. The number of ether oxygens (including phenoxy) is 1. The summed E-state index contributed by atoms with van der Waals surface area (Å²) in [5, 5.41) is 9.14. The Bertz CT molecular complexity index is 1220. The number of hydrogen-bond donors (Lipinski definition) is 1. The van der Waals surface area contributed by atoms with E-state index >= 15 is 0 Å². The molecule has 0 fully saturated rings. The molecule has 0 saturated carbocycles. The highest BCUT2D eigenvalue weighted by atomic mass is 16.5. The van der Waals surface area contributed by atoms with Crippen LogP contribution in [-0.2, 0) is 9.59 Å². The Hall–Kier alpha value is -4.13. The van der Waals surface area contributed by atoms with Gasteiger partial charge in [0.25, 0.3) is 5.91 Å². The molecule has 0 aliphatic rings. The molecule has 37 heavy (non-hydrogen) atoms. The third-order valence-electron chi connectivity index (χ3n) is 6.20. The molecule has 0 bridgehead atoms. The molecule has 0 unspecified atom stereocenters. The van der Waals surface area contributed by atoms with Crippen molar-refractivity contribution in [3.05, 3.63) is 89.5 Å². The van der Waals surface area contributed by atoms with Gasteiger partial charge >= 0.3 is 5.97 Å². The van der Waals surface area contributed by atoms with Crippen molar-refractivity contribution in [3.8, 4) is 5.75 Å². The second-order valence-electron chi connectivity index (χ2n) is 9.20. The number of carbonyl (C=O) groups is 3. The van der Waals surface area contributed by atoms with Crippen molar-refractivity contribution in [2.75, 3.05) is 30.0 Å². The van der Waals surface area contributed by atoms with Crippen molar-refractivity contribution in [1.29, 1.82) is 0 Å². The lowest BCUT2D eigenvalue weighted by Crippen LogP contribution is -2.44. The summed E-state index contributed by atoms with van der Waals surface area (Å²) in [6, 6.07) is 21.9. The second kappa shape index (κ2) is 12.7. The second-order valence-corrected chi connectivity index (χ2v) is 9.20. The van der Waals surface area contributed by atoms with Gasteiger partial charge in [-0.05, 0) is 72.9 Å². The molecule has 3 aromatic rings. The molecule has 3 rings (SSSR count). The molecule has 0 aliphatic carbocycles. The number of amides is 2. The molecule has 0 aliphatic heterocycles. The molecule has 1 N–H and O–H groups in total. The monoisotopic (exact) mass is 502 g/mol. The van der Waals surface area contributed by atoms with Gasteiger partial charge in [0.05, 0.1) is 7.11 Å². The largest absolute Gasteiger partial charge is 0.497 e. The number of hydrogen-bond acceptors (Lipinski definition) is 4. The van der Waals surface area contributed by atoms with Crippen LogP contribution >= 0.6 is 0 Å². The van der Waals surface area contributed by atoms with Gasteiger partial charge in [-0.1, -0.05) is 44.2 Å². The molecule has 0 saturated heterocycles. The first-order valence-electron chi connectivity index (χ1n) is 12.3. The molecule has 0 aromatic heterocycles. The average Bonchev–Trinajstić information content (AvgIpc) is 2.90. The number of anilines is 2. The van der Waals surface area contributed by atoms with Gasteiger partial charge in [0.1, 0.15) is 12.3 Å². The summed E-state index contributed by atoms with van der Waals surface area (Å²) in [7, 11) is 1.57.